The Bertz CT molecular complexity index is 718. The van der Waals surface area contributed by atoms with Crippen molar-refractivity contribution in [3.05, 3.63) is 47.6 Å². The number of likely N-dealkylation sites (tertiary alicyclic amines) is 1. The molecule has 0 spiro atoms. The van der Waals surface area contributed by atoms with Gasteiger partial charge in [0.15, 0.2) is 11.8 Å². The summed E-state index contributed by atoms with van der Waals surface area (Å²) in [6, 6.07) is 10.9. The van der Waals surface area contributed by atoms with Crippen LogP contribution in [0.1, 0.15) is 43.5 Å². The fraction of sp³-hybridized carbons (Fsp3) is 0.550. The zero-order chi connectivity index (χ0) is 18.4. The van der Waals surface area contributed by atoms with Crippen LogP contribution in [0.3, 0.4) is 0 Å². The van der Waals surface area contributed by atoms with Crippen LogP contribution >= 0.6 is 24.0 Å². The summed E-state index contributed by atoms with van der Waals surface area (Å²) in [6.07, 6.45) is 1.82. The number of nitrogens with zero attached hydrogens (tertiary/aromatic N) is 4. The van der Waals surface area contributed by atoms with Crippen molar-refractivity contribution in [3.63, 3.8) is 0 Å². The average molecular weight is 483 g/mol. The second kappa shape index (κ2) is 10.6. The Hall–Kier alpha value is -1.64. The van der Waals surface area contributed by atoms with E-state index in [1.165, 1.54) is 5.56 Å². The summed E-state index contributed by atoms with van der Waals surface area (Å²) in [5.41, 5.74) is 1.45. The highest BCUT2D eigenvalue weighted by atomic mass is 127. The average Bonchev–Trinajstić information content (AvgIpc) is 3.07. The van der Waals surface area contributed by atoms with Crippen LogP contribution in [0.15, 0.2) is 39.8 Å². The monoisotopic (exact) mass is 483 g/mol. The normalized spacial score (nSPS) is 20.3. The first-order valence-corrected chi connectivity index (χ1v) is 9.54. The standard InChI is InChI=1S/C20H29N5O.HI/c1-4-21-20(22-12-10-19-23-16(3)24-26-19)25-13-11-18(15(2)14-25)17-8-6-5-7-9-17;/h5-9,15,18H,4,10-14H2,1-3H3,(H,21,22);1H. The zero-order valence-electron chi connectivity index (χ0n) is 16.4. The van der Waals surface area contributed by atoms with E-state index in [4.69, 9.17) is 9.52 Å². The van der Waals surface area contributed by atoms with Gasteiger partial charge in [0.1, 0.15) is 0 Å². The molecular weight excluding hydrogens is 453 g/mol. The number of halogens is 1. The minimum Gasteiger partial charge on any atom is -0.357 e. The van der Waals surface area contributed by atoms with Gasteiger partial charge in [-0.3, -0.25) is 4.99 Å². The van der Waals surface area contributed by atoms with Gasteiger partial charge in [0.25, 0.3) is 0 Å². The molecular formula is C20H30IN5O. The number of aryl methyl sites for hydroxylation is 1. The molecule has 27 heavy (non-hydrogen) atoms. The number of hydrogen-bond acceptors (Lipinski definition) is 4. The van der Waals surface area contributed by atoms with E-state index in [2.05, 4.69) is 64.5 Å². The van der Waals surface area contributed by atoms with E-state index in [1.807, 2.05) is 6.92 Å². The van der Waals surface area contributed by atoms with Gasteiger partial charge in [-0.05, 0) is 37.7 Å². The van der Waals surface area contributed by atoms with Crippen LogP contribution in [0.25, 0.3) is 0 Å². The molecule has 1 aliphatic heterocycles. The molecule has 2 atom stereocenters. The largest absolute Gasteiger partial charge is 0.357 e. The van der Waals surface area contributed by atoms with Crippen LogP contribution in [-0.4, -0.2) is 47.2 Å². The molecule has 0 bridgehead atoms. The molecule has 0 aliphatic carbocycles. The molecule has 2 aromatic rings. The smallest absolute Gasteiger partial charge is 0.228 e. The molecule has 1 aliphatic rings. The summed E-state index contributed by atoms with van der Waals surface area (Å²) in [6.45, 7) is 9.84. The van der Waals surface area contributed by atoms with Gasteiger partial charge in [-0.15, -0.1) is 24.0 Å². The van der Waals surface area contributed by atoms with Crippen LogP contribution in [0, 0.1) is 12.8 Å². The summed E-state index contributed by atoms with van der Waals surface area (Å²) < 4.78 is 5.17. The summed E-state index contributed by atoms with van der Waals surface area (Å²) in [5, 5.41) is 7.26. The molecule has 1 aromatic carbocycles. The van der Waals surface area contributed by atoms with Crippen LogP contribution in [-0.2, 0) is 6.42 Å². The second-order valence-corrected chi connectivity index (χ2v) is 6.95. The Balaban J connectivity index is 0.00000261. The molecule has 0 saturated carbocycles. The number of benzene rings is 1. The third-order valence-corrected chi connectivity index (χ3v) is 4.92. The minimum absolute atomic E-state index is 0. The third kappa shape index (κ3) is 5.92. The van der Waals surface area contributed by atoms with E-state index < -0.39 is 0 Å². The lowest BCUT2D eigenvalue weighted by molar-refractivity contribution is 0.234. The summed E-state index contributed by atoms with van der Waals surface area (Å²) in [4.78, 5) is 11.4. The molecule has 1 saturated heterocycles. The summed E-state index contributed by atoms with van der Waals surface area (Å²) in [5.74, 6) is 3.53. The number of guanidine groups is 1. The van der Waals surface area contributed by atoms with Gasteiger partial charge in [0.2, 0.25) is 5.89 Å². The van der Waals surface area contributed by atoms with Crippen molar-refractivity contribution in [3.8, 4) is 0 Å². The number of aromatic nitrogens is 2. The fourth-order valence-electron chi connectivity index (χ4n) is 3.66. The molecule has 3 rings (SSSR count). The second-order valence-electron chi connectivity index (χ2n) is 6.95. The van der Waals surface area contributed by atoms with Crippen molar-refractivity contribution in [1.82, 2.24) is 20.4 Å². The molecule has 0 radical (unpaired) electrons. The number of nitrogens with one attached hydrogen (secondary N) is 1. The topological polar surface area (TPSA) is 66.5 Å². The van der Waals surface area contributed by atoms with E-state index in [0.29, 0.717) is 36.5 Å². The highest BCUT2D eigenvalue weighted by Crippen LogP contribution is 2.32. The van der Waals surface area contributed by atoms with Crippen LogP contribution in [0.5, 0.6) is 0 Å². The molecule has 148 valence electrons. The molecule has 2 heterocycles. The molecule has 0 amide bonds. The van der Waals surface area contributed by atoms with Gasteiger partial charge in [-0.25, -0.2) is 0 Å². The maximum Gasteiger partial charge on any atom is 0.228 e. The molecule has 6 nitrogen and oxygen atoms in total. The van der Waals surface area contributed by atoms with Crippen molar-refractivity contribution in [2.24, 2.45) is 10.9 Å². The Morgan fingerprint density at radius 3 is 2.74 bits per heavy atom. The van der Waals surface area contributed by atoms with Gasteiger partial charge in [0, 0.05) is 26.1 Å². The van der Waals surface area contributed by atoms with Gasteiger partial charge < -0.3 is 14.7 Å². The highest BCUT2D eigenvalue weighted by Gasteiger charge is 2.28. The lowest BCUT2D eigenvalue weighted by atomic mass is 9.82. The molecule has 1 fully saturated rings. The molecule has 7 heteroatoms. The van der Waals surface area contributed by atoms with Gasteiger partial charge in [-0.1, -0.05) is 42.4 Å². The lowest BCUT2D eigenvalue weighted by Gasteiger charge is -2.39. The molecule has 2 unspecified atom stereocenters. The van der Waals surface area contributed by atoms with E-state index in [-0.39, 0.29) is 24.0 Å². The maximum atomic E-state index is 5.17. The zero-order valence-corrected chi connectivity index (χ0v) is 18.7. The Kier molecular flexibility index (Phi) is 8.53. The summed E-state index contributed by atoms with van der Waals surface area (Å²) in [7, 11) is 0. The van der Waals surface area contributed by atoms with Gasteiger partial charge >= 0.3 is 0 Å². The van der Waals surface area contributed by atoms with Crippen LogP contribution in [0.4, 0.5) is 0 Å². The van der Waals surface area contributed by atoms with Crippen molar-refractivity contribution < 1.29 is 4.52 Å². The Labute approximate surface area is 178 Å². The van der Waals surface area contributed by atoms with Crippen molar-refractivity contribution >= 4 is 29.9 Å². The number of rotatable bonds is 5. The van der Waals surface area contributed by atoms with E-state index in [9.17, 15) is 0 Å². The third-order valence-electron chi connectivity index (χ3n) is 4.92. The number of hydrogen-bond donors (Lipinski definition) is 1. The first kappa shape index (κ1) is 21.7. The van der Waals surface area contributed by atoms with Crippen LogP contribution < -0.4 is 5.32 Å². The number of piperidine rings is 1. The Morgan fingerprint density at radius 1 is 1.33 bits per heavy atom. The maximum absolute atomic E-state index is 5.17. The Morgan fingerprint density at radius 2 is 2.11 bits per heavy atom. The van der Waals surface area contributed by atoms with Crippen molar-refractivity contribution in [2.75, 3.05) is 26.2 Å². The predicted octanol–water partition coefficient (Wildman–Crippen LogP) is 3.63. The summed E-state index contributed by atoms with van der Waals surface area (Å²) >= 11 is 0. The predicted molar refractivity (Wildman–Crippen MR) is 119 cm³/mol. The highest BCUT2D eigenvalue weighted by molar-refractivity contribution is 14.0. The van der Waals surface area contributed by atoms with Crippen LogP contribution in [0.2, 0.25) is 0 Å². The lowest BCUT2D eigenvalue weighted by Crippen LogP contribution is -2.48. The van der Waals surface area contributed by atoms with E-state index in [0.717, 1.165) is 32.0 Å². The SMILES string of the molecule is CCNC(=NCCc1nc(C)no1)N1CCC(c2ccccc2)C(C)C1.I. The quantitative estimate of drug-likeness (QED) is 0.400. The van der Waals surface area contributed by atoms with E-state index >= 15 is 0 Å². The number of aliphatic imine (C=N–C) groups is 1. The molecule has 1 N–H and O–H groups in total. The molecule has 1 aromatic heterocycles. The first-order valence-electron chi connectivity index (χ1n) is 9.54. The van der Waals surface area contributed by atoms with Gasteiger partial charge in [-0.2, -0.15) is 4.98 Å². The van der Waals surface area contributed by atoms with Gasteiger partial charge in [0.05, 0.1) is 6.54 Å². The van der Waals surface area contributed by atoms with E-state index in [1.54, 1.807) is 0 Å². The first-order chi connectivity index (χ1) is 12.7. The van der Waals surface area contributed by atoms with Crippen molar-refractivity contribution in [1.29, 1.82) is 0 Å². The fourth-order valence-corrected chi connectivity index (χ4v) is 3.66. The minimum atomic E-state index is 0. The van der Waals surface area contributed by atoms with Crippen molar-refractivity contribution in [2.45, 2.75) is 39.5 Å².